The van der Waals surface area contributed by atoms with Crippen molar-refractivity contribution in [3.05, 3.63) is 35.4 Å². The van der Waals surface area contributed by atoms with Crippen molar-refractivity contribution in [3.8, 4) is 0 Å². The van der Waals surface area contributed by atoms with Gasteiger partial charge < -0.3 is 20.4 Å². The number of aliphatic hydroxyl groups excluding tert-OH is 1. The third-order valence-corrected chi connectivity index (χ3v) is 3.76. The Morgan fingerprint density at radius 2 is 2.10 bits per heavy atom. The molecule has 114 valence electrons. The van der Waals surface area contributed by atoms with Crippen LogP contribution in [0.15, 0.2) is 24.3 Å². The standard InChI is InChI=1S/C15H20N2O4/c1-10-4-2-3-5-11(10)6-7-16-15(21)17-9-12(18)8-13(17)14(19)20/h2-5,12-13,18H,6-9H2,1H3,(H,16,21)(H,19,20)/t12-,13-/m0/s1. The number of aliphatic carboxylic acids is 1. The molecule has 0 radical (unpaired) electrons. The predicted octanol–water partition coefficient (Wildman–Crippen LogP) is 0.767. The van der Waals surface area contributed by atoms with Gasteiger partial charge in [-0.2, -0.15) is 0 Å². The molecule has 0 bridgehead atoms. The zero-order valence-corrected chi connectivity index (χ0v) is 12.0. The van der Waals surface area contributed by atoms with Crippen LogP contribution in [0.4, 0.5) is 4.79 Å². The lowest BCUT2D eigenvalue weighted by atomic mass is 10.1. The number of nitrogens with one attached hydrogen (secondary N) is 1. The van der Waals surface area contributed by atoms with Gasteiger partial charge in [0.1, 0.15) is 6.04 Å². The molecule has 1 aromatic rings. The Balaban J connectivity index is 1.87. The van der Waals surface area contributed by atoms with E-state index in [1.807, 2.05) is 31.2 Å². The Labute approximate surface area is 123 Å². The van der Waals surface area contributed by atoms with Crippen LogP contribution >= 0.6 is 0 Å². The van der Waals surface area contributed by atoms with Crippen LogP contribution in [-0.4, -0.2) is 52.3 Å². The van der Waals surface area contributed by atoms with Crippen molar-refractivity contribution in [2.75, 3.05) is 13.1 Å². The number of likely N-dealkylation sites (tertiary alicyclic amines) is 1. The van der Waals surface area contributed by atoms with Crippen LogP contribution in [0.3, 0.4) is 0 Å². The average molecular weight is 292 g/mol. The van der Waals surface area contributed by atoms with Gasteiger partial charge >= 0.3 is 12.0 Å². The van der Waals surface area contributed by atoms with Gasteiger partial charge in [-0.3, -0.25) is 0 Å². The topological polar surface area (TPSA) is 89.9 Å². The number of carboxylic acid groups (broad SMARTS) is 1. The summed E-state index contributed by atoms with van der Waals surface area (Å²) in [5, 5.41) is 21.3. The lowest BCUT2D eigenvalue weighted by Crippen LogP contribution is -2.46. The zero-order valence-electron chi connectivity index (χ0n) is 12.0. The number of benzene rings is 1. The van der Waals surface area contributed by atoms with Gasteiger partial charge in [0.2, 0.25) is 0 Å². The van der Waals surface area contributed by atoms with Crippen molar-refractivity contribution in [2.24, 2.45) is 0 Å². The molecular weight excluding hydrogens is 272 g/mol. The smallest absolute Gasteiger partial charge is 0.326 e. The van der Waals surface area contributed by atoms with Crippen molar-refractivity contribution < 1.29 is 19.8 Å². The molecule has 6 nitrogen and oxygen atoms in total. The second-order valence-electron chi connectivity index (χ2n) is 5.30. The van der Waals surface area contributed by atoms with Crippen LogP contribution in [0.25, 0.3) is 0 Å². The monoisotopic (exact) mass is 292 g/mol. The summed E-state index contributed by atoms with van der Waals surface area (Å²) in [6, 6.07) is 6.53. The number of rotatable bonds is 4. The molecule has 0 saturated carbocycles. The number of aryl methyl sites for hydroxylation is 1. The fourth-order valence-corrected chi connectivity index (χ4v) is 2.57. The number of urea groups is 1. The highest BCUT2D eigenvalue weighted by molar-refractivity contribution is 5.83. The molecule has 2 atom stereocenters. The number of carboxylic acids is 1. The second-order valence-corrected chi connectivity index (χ2v) is 5.30. The molecule has 0 aromatic heterocycles. The van der Waals surface area contributed by atoms with Crippen LogP contribution in [0.5, 0.6) is 0 Å². The Hall–Kier alpha value is -2.08. The molecule has 6 heteroatoms. The number of nitrogens with zero attached hydrogens (tertiary/aromatic N) is 1. The molecule has 1 fully saturated rings. The number of carbonyl (C=O) groups is 2. The Morgan fingerprint density at radius 1 is 1.38 bits per heavy atom. The van der Waals surface area contributed by atoms with Gasteiger partial charge in [-0.25, -0.2) is 9.59 Å². The maximum Gasteiger partial charge on any atom is 0.326 e. The minimum Gasteiger partial charge on any atom is -0.480 e. The molecule has 0 aliphatic carbocycles. The Morgan fingerprint density at radius 3 is 2.76 bits per heavy atom. The molecule has 0 unspecified atom stereocenters. The van der Waals surface area contributed by atoms with E-state index in [1.165, 1.54) is 4.90 Å². The lowest BCUT2D eigenvalue weighted by Gasteiger charge is -2.21. The van der Waals surface area contributed by atoms with Gasteiger partial charge in [0.25, 0.3) is 0 Å². The van der Waals surface area contributed by atoms with Gasteiger partial charge in [0.15, 0.2) is 0 Å². The molecule has 0 spiro atoms. The number of aliphatic hydroxyl groups is 1. The van der Waals surface area contributed by atoms with Crippen molar-refractivity contribution in [2.45, 2.75) is 31.9 Å². The van der Waals surface area contributed by atoms with E-state index in [0.29, 0.717) is 13.0 Å². The molecule has 21 heavy (non-hydrogen) atoms. The van der Waals surface area contributed by atoms with E-state index in [0.717, 1.165) is 11.1 Å². The van der Waals surface area contributed by atoms with Crippen LogP contribution in [0.2, 0.25) is 0 Å². The number of β-amino-alcohol motifs (C(OH)–C–C–N with tert-alkyl or cyclic N) is 1. The number of amides is 2. The molecule has 1 aromatic carbocycles. The van der Waals surface area contributed by atoms with E-state index < -0.39 is 24.1 Å². The van der Waals surface area contributed by atoms with E-state index in [1.54, 1.807) is 0 Å². The van der Waals surface area contributed by atoms with E-state index in [-0.39, 0.29) is 13.0 Å². The van der Waals surface area contributed by atoms with E-state index in [4.69, 9.17) is 5.11 Å². The first-order valence-corrected chi connectivity index (χ1v) is 6.99. The first kappa shape index (κ1) is 15.3. The van der Waals surface area contributed by atoms with Crippen molar-refractivity contribution in [1.29, 1.82) is 0 Å². The fourth-order valence-electron chi connectivity index (χ4n) is 2.57. The molecular formula is C15H20N2O4. The van der Waals surface area contributed by atoms with Crippen molar-refractivity contribution in [3.63, 3.8) is 0 Å². The number of hydrogen-bond donors (Lipinski definition) is 3. The summed E-state index contributed by atoms with van der Waals surface area (Å²) in [6.07, 6.45) is 0.000756. The molecule has 2 rings (SSSR count). The highest BCUT2D eigenvalue weighted by atomic mass is 16.4. The van der Waals surface area contributed by atoms with E-state index >= 15 is 0 Å². The third-order valence-electron chi connectivity index (χ3n) is 3.76. The van der Waals surface area contributed by atoms with Crippen molar-refractivity contribution >= 4 is 12.0 Å². The second kappa shape index (κ2) is 6.58. The Bertz CT molecular complexity index is 532. The normalized spacial score (nSPS) is 21.3. The van der Waals surface area contributed by atoms with Gasteiger partial charge in [-0.05, 0) is 24.5 Å². The summed E-state index contributed by atoms with van der Waals surface area (Å²) in [4.78, 5) is 24.3. The van der Waals surface area contributed by atoms with Gasteiger partial charge in [0, 0.05) is 19.5 Å². The van der Waals surface area contributed by atoms with Crippen LogP contribution in [0, 0.1) is 6.92 Å². The van der Waals surface area contributed by atoms with Crippen LogP contribution < -0.4 is 5.32 Å². The lowest BCUT2D eigenvalue weighted by molar-refractivity contribution is -0.141. The largest absolute Gasteiger partial charge is 0.480 e. The van der Waals surface area contributed by atoms with Gasteiger partial charge in [-0.15, -0.1) is 0 Å². The summed E-state index contributed by atoms with van der Waals surface area (Å²) < 4.78 is 0. The highest BCUT2D eigenvalue weighted by Crippen LogP contribution is 2.18. The molecule has 1 heterocycles. The minimum atomic E-state index is -1.08. The SMILES string of the molecule is Cc1ccccc1CCNC(=O)N1C[C@@H](O)C[C@H]1C(=O)O. The van der Waals surface area contributed by atoms with Crippen LogP contribution in [-0.2, 0) is 11.2 Å². The molecule has 3 N–H and O–H groups in total. The van der Waals surface area contributed by atoms with Gasteiger partial charge in [-0.1, -0.05) is 24.3 Å². The first-order valence-electron chi connectivity index (χ1n) is 6.99. The zero-order chi connectivity index (χ0) is 15.4. The average Bonchev–Trinajstić information content (AvgIpc) is 2.83. The van der Waals surface area contributed by atoms with Crippen LogP contribution in [0.1, 0.15) is 17.5 Å². The molecule has 2 amide bonds. The molecule has 1 aliphatic rings. The Kier molecular flexibility index (Phi) is 4.80. The molecule has 1 saturated heterocycles. The maximum atomic E-state index is 12.0. The first-order chi connectivity index (χ1) is 9.99. The molecule has 1 aliphatic heterocycles. The number of hydrogen-bond acceptors (Lipinski definition) is 3. The summed E-state index contributed by atoms with van der Waals surface area (Å²) in [5.41, 5.74) is 2.31. The van der Waals surface area contributed by atoms with Gasteiger partial charge in [0.05, 0.1) is 6.10 Å². The highest BCUT2D eigenvalue weighted by Gasteiger charge is 2.38. The van der Waals surface area contributed by atoms with E-state index in [9.17, 15) is 14.7 Å². The summed E-state index contributed by atoms with van der Waals surface area (Å²) in [7, 11) is 0. The fraction of sp³-hybridized carbons (Fsp3) is 0.467. The third kappa shape index (κ3) is 3.72. The predicted molar refractivity (Wildman–Crippen MR) is 77.0 cm³/mol. The summed E-state index contributed by atoms with van der Waals surface area (Å²) in [5.74, 6) is -1.08. The maximum absolute atomic E-state index is 12.0. The minimum absolute atomic E-state index is 0.0627. The number of carbonyl (C=O) groups excluding carboxylic acids is 1. The quantitative estimate of drug-likeness (QED) is 0.764. The summed E-state index contributed by atoms with van der Waals surface area (Å²) in [6.45, 7) is 2.50. The van der Waals surface area contributed by atoms with E-state index in [2.05, 4.69) is 5.32 Å². The summed E-state index contributed by atoms with van der Waals surface area (Å²) >= 11 is 0. The van der Waals surface area contributed by atoms with Crippen molar-refractivity contribution in [1.82, 2.24) is 10.2 Å².